The molecule has 0 amide bonds. The molecule has 84 valence electrons. The second-order valence-corrected chi connectivity index (χ2v) is 4.49. The van der Waals surface area contributed by atoms with Crippen molar-refractivity contribution in [3.63, 3.8) is 0 Å². The molecule has 0 aliphatic carbocycles. The van der Waals surface area contributed by atoms with E-state index < -0.39 is 0 Å². The molecule has 15 heavy (non-hydrogen) atoms. The summed E-state index contributed by atoms with van der Waals surface area (Å²) in [5.74, 6) is 2.13. The van der Waals surface area contributed by atoms with Gasteiger partial charge in [-0.3, -0.25) is 0 Å². The zero-order chi connectivity index (χ0) is 10.9. The third-order valence-corrected chi connectivity index (χ3v) is 2.81. The van der Waals surface area contributed by atoms with Crippen molar-refractivity contribution in [2.24, 2.45) is 0 Å². The van der Waals surface area contributed by atoms with Gasteiger partial charge in [0, 0.05) is 12.6 Å². The van der Waals surface area contributed by atoms with E-state index in [9.17, 15) is 0 Å². The van der Waals surface area contributed by atoms with Crippen LogP contribution < -0.4 is 5.32 Å². The van der Waals surface area contributed by atoms with Gasteiger partial charge in [-0.2, -0.15) is 11.8 Å². The van der Waals surface area contributed by atoms with Crippen molar-refractivity contribution < 1.29 is 4.42 Å². The summed E-state index contributed by atoms with van der Waals surface area (Å²) < 4.78 is 5.19. The largest absolute Gasteiger partial charge is 0.465 e. The molecular weight excluding hydrogens is 206 g/mol. The van der Waals surface area contributed by atoms with Gasteiger partial charge in [0.15, 0.2) is 0 Å². The molecule has 2 nitrogen and oxygen atoms in total. The molecule has 0 aliphatic heterocycles. The first-order chi connectivity index (χ1) is 7.33. The van der Waals surface area contributed by atoms with Crippen LogP contribution in [0.1, 0.15) is 19.1 Å². The molecule has 0 bridgehead atoms. The molecule has 1 heterocycles. The summed E-state index contributed by atoms with van der Waals surface area (Å²) in [5, 5.41) is 3.44. The van der Waals surface area contributed by atoms with Crippen molar-refractivity contribution in [1.82, 2.24) is 5.32 Å². The summed E-state index contributed by atoms with van der Waals surface area (Å²) >= 11 is 1.89. The zero-order valence-electron chi connectivity index (χ0n) is 9.40. The van der Waals surface area contributed by atoms with E-state index in [1.807, 2.05) is 30.0 Å². The molecule has 1 unspecified atom stereocenters. The SMILES string of the molecule is CSCCC(C)NC/C=C/c1ccco1. The fourth-order valence-corrected chi connectivity index (χ4v) is 1.82. The molecule has 0 aromatic carbocycles. The molecule has 0 fully saturated rings. The van der Waals surface area contributed by atoms with Gasteiger partial charge in [-0.15, -0.1) is 0 Å². The average molecular weight is 225 g/mol. The fourth-order valence-electron chi connectivity index (χ4n) is 1.23. The van der Waals surface area contributed by atoms with Crippen LogP contribution in [0.4, 0.5) is 0 Å². The molecule has 0 spiro atoms. The number of hydrogen-bond acceptors (Lipinski definition) is 3. The monoisotopic (exact) mass is 225 g/mol. The minimum Gasteiger partial charge on any atom is -0.465 e. The summed E-state index contributed by atoms with van der Waals surface area (Å²) in [7, 11) is 0. The van der Waals surface area contributed by atoms with Gasteiger partial charge in [0.2, 0.25) is 0 Å². The molecule has 1 N–H and O–H groups in total. The second kappa shape index (κ2) is 7.60. The topological polar surface area (TPSA) is 25.2 Å². The summed E-state index contributed by atoms with van der Waals surface area (Å²) in [6.45, 7) is 3.12. The molecule has 1 rings (SSSR count). The minimum atomic E-state index is 0.582. The smallest absolute Gasteiger partial charge is 0.126 e. The van der Waals surface area contributed by atoms with Gasteiger partial charge in [-0.1, -0.05) is 6.08 Å². The summed E-state index contributed by atoms with van der Waals surface area (Å²) in [6.07, 6.45) is 9.14. The van der Waals surface area contributed by atoms with Crippen LogP contribution >= 0.6 is 11.8 Å². The third-order valence-electron chi connectivity index (χ3n) is 2.16. The van der Waals surface area contributed by atoms with Crippen molar-refractivity contribution in [3.05, 3.63) is 30.2 Å². The maximum Gasteiger partial charge on any atom is 0.126 e. The Balaban J connectivity index is 2.10. The molecule has 0 saturated heterocycles. The van der Waals surface area contributed by atoms with Crippen LogP contribution in [0, 0.1) is 0 Å². The van der Waals surface area contributed by atoms with Crippen LogP contribution in [0.5, 0.6) is 0 Å². The highest BCUT2D eigenvalue weighted by Crippen LogP contribution is 2.02. The van der Waals surface area contributed by atoms with Crippen molar-refractivity contribution in [1.29, 1.82) is 0 Å². The Hall–Kier alpha value is -0.670. The van der Waals surface area contributed by atoms with E-state index in [1.165, 1.54) is 12.2 Å². The molecule has 1 aromatic heterocycles. The lowest BCUT2D eigenvalue weighted by Gasteiger charge is -2.10. The molecule has 1 atom stereocenters. The Labute approximate surface area is 96.1 Å². The van der Waals surface area contributed by atoms with Crippen LogP contribution in [0.15, 0.2) is 28.9 Å². The lowest BCUT2D eigenvalue weighted by molar-refractivity contribution is 0.555. The van der Waals surface area contributed by atoms with Crippen LogP contribution in [0.2, 0.25) is 0 Å². The molecule has 0 radical (unpaired) electrons. The zero-order valence-corrected chi connectivity index (χ0v) is 10.2. The number of rotatable bonds is 7. The van der Waals surface area contributed by atoms with Gasteiger partial charge in [0.1, 0.15) is 5.76 Å². The molecule has 0 saturated carbocycles. The van der Waals surface area contributed by atoms with Crippen molar-refractivity contribution >= 4 is 17.8 Å². The van der Waals surface area contributed by atoms with Crippen LogP contribution in [-0.4, -0.2) is 24.6 Å². The quantitative estimate of drug-likeness (QED) is 0.772. The van der Waals surface area contributed by atoms with Gasteiger partial charge in [0.25, 0.3) is 0 Å². The Kier molecular flexibility index (Phi) is 6.28. The standard InChI is InChI=1S/C12H19NOS/c1-11(7-10-15-2)13-8-3-5-12-6-4-9-14-12/h3-6,9,11,13H,7-8,10H2,1-2H3/b5-3+. The maximum absolute atomic E-state index is 5.19. The second-order valence-electron chi connectivity index (χ2n) is 3.51. The van der Waals surface area contributed by atoms with Crippen molar-refractivity contribution in [3.8, 4) is 0 Å². The minimum absolute atomic E-state index is 0.582. The number of furan rings is 1. The van der Waals surface area contributed by atoms with Crippen molar-refractivity contribution in [2.45, 2.75) is 19.4 Å². The van der Waals surface area contributed by atoms with E-state index in [2.05, 4.69) is 24.6 Å². The summed E-state index contributed by atoms with van der Waals surface area (Å²) in [6, 6.07) is 4.43. The highest BCUT2D eigenvalue weighted by Gasteiger charge is 1.97. The molecule has 1 aromatic rings. The van der Waals surface area contributed by atoms with Crippen molar-refractivity contribution in [2.75, 3.05) is 18.6 Å². The van der Waals surface area contributed by atoms with Gasteiger partial charge < -0.3 is 9.73 Å². The molecule has 0 aliphatic rings. The van der Waals surface area contributed by atoms with Gasteiger partial charge in [-0.25, -0.2) is 0 Å². The van der Waals surface area contributed by atoms with E-state index in [0.717, 1.165) is 12.3 Å². The first kappa shape index (κ1) is 12.4. The van der Waals surface area contributed by atoms with Crippen LogP contribution in [0.3, 0.4) is 0 Å². The predicted molar refractivity (Wildman–Crippen MR) is 68.2 cm³/mol. The lowest BCUT2D eigenvalue weighted by atomic mass is 10.2. The molecule has 3 heteroatoms. The number of hydrogen-bond donors (Lipinski definition) is 1. The van der Waals surface area contributed by atoms with E-state index in [-0.39, 0.29) is 0 Å². The first-order valence-electron chi connectivity index (χ1n) is 5.25. The van der Waals surface area contributed by atoms with Crippen LogP contribution in [0.25, 0.3) is 6.08 Å². The Bertz CT molecular complexity index is 269. The lowest BCUT2D eigenvalue weighted by Crippen LogP contribution is -2.26. The van der Waals surface area contributed by atoms with E-state index >= 15 is 0 Å². The highest BCUT2D eigenvalue weighted by molar-refractivity contribution is 7.98. The highest BCUT2D eigenvalue weighted by atomic mass is 32.2. The van der Waals surface area contributed by atoms with Crippen LogP contribution in [-0.2, 0) is 0 Å². The average Bonchev–Trinajstić information content (AvgIpc) is 2.74. The van der Waals surface area contributed by atoms with E-state index in [1.54, 1.807) is 6.26 Å². The Morgan fingerprint density at radius 2 is 2.47 bits per heavy atom. The third kappa shape index (κ3) is 5.70. The van der Waals surface area contributed by atoms with Gasteiger partial charge >= 0.3 is 0 Å². The van der Waals surface area contributed by atoms with Gasteiger partial charge in [0.05, 0.1) is 6.26 Å². The molecular formula is C12H19NOS. The summed E-state index contributed by atoms with van der Waals surface area (Å²) in [5.41, 5.74) is 0. The normalized spacial score (nSPS) is 13.5. The number of nitrogens with one attached hydrogen (secondary N) is 1. The predicted octanol–water partition coefficient (Wildman–Crippen LogP) is 3.02. The first-order valence-corrected chi connectivity index (χ1v) is 6.64. The Morgan fingerprint density at radius 1 is 1.60 bits per heavy atom. The van der Waals surface area contributed by atoms with Gasteiger partial charge in [-0.05, 0) is 43.6 Å². The fraction of sp³-hybridized carbons (Fsp3) is 0.500. The number of thioether (sulfide) groups is 1. The van der Waals surface area contributed by atoms with E-state index in [0.29, 0.717) is 6.04 Å². The van der Waals surface area contributed by atoms with E-state index in [4.69, 9.17) is 4.42 Å². The maximum atomic E-state index is 5.19. The Morgan fingerprint density at radius 3 is 3.13 bits per heavy atom. The summed E-state index contributed by atoms with van der Waals surface area (Å²) in [4.78, 5) is 0.